The summed E-state index contributed by atoms with van der Waals surface area (Å²) in [5.74, 6) is -0.679. The van der Waals surface area contributed by atoms with Gasteiger partial charge in [0.2, 0.25) is 11.8 Å². The molecule has 8 nitrogen and oxygen atoms in total. The van der Waals surface area contributed by atoms with Crippen molar-refractivity contribution >= 4 is 23.8 Å². The largest absolute Gasteiger partial charge is 0.344 e. The van der Waals surface area contributed by atoms with E-state index in [1.54, 1.807) is 4.90 Å². The van der Waals surface area contributed by atoms with Gasteiger partial charge in [0.1, 0.15) is 11.6 Å². The van der Waals surface area contributed by atoms with Gasteiger partial charge in [-0.2, -0.15) is 0 Å². The lowest BCUT2D eigenvalue weighted by atomic mass is 9.89. The number of likely N-dealkylation sites (tertiary alicyclic amines) is 1. The molecule has 3 saturated heterocycles. The summed E-state index contributed by atoms with van der Waals surface area (Å²) in [5.41, 5.74) is -1.01. The summed E-state index contributed by atoms with van der Waals surface area (Å²) in [7, 11) is 0. The van der Waals surface area contributed by atoms with E-state index in [1.165, 1.54) is 0 Å². The van der Waals surface area contributed by atoms with Crippen LogP contribution in [0, 0.1) is 0 Å². The Balaban J connectivity index is 1.72. The summed E-state index contributed by atoms with van der Waals surface area (Å²) >= 11 is 0. The lowest BCUT2D eigenvalue weighted by Gasteiger charge is -2.38. The van der Waals surface area contributed by atoms with E-state index in [9.17, 15) is 19.2 Å². The van der Waals surface area contributed by atoms with Gasteiger partial charge in [-0.3, -0.25) is 19.7 Å². The summed E-state index contributed by atoms with van der Waals surface area (Å²) in [6.45, 7) is 0.700. The molecule has 0 aliphatic carbocycles. The highest BCUT2D eigenvalue weighted by atomic mass is 16.2. The zero-order valence-corrected chi connectivity index (χ0v) is 10.9. The van der Waals surface area contributed by atoms with Gasteiger partial charge in [0.25, 0.3) is 5.91 Å². The molecule has 0 aromatic rings. The molecule has 8 heteroatoms. The molecule has 3 rings (SSSR count). The molecular formula is C12H16N4O4. The number of imide groups is 1. The van der Waals surface area contributed by atoms with E-state index >= 15 is 0 Å². The first-order valence-electron chi connectivity index (χ1n) is 6.72. The Morgan fingerprint density at radius 2 is 2.10 bits per heavy atom. The van der Waals surface area contributed by atoms with Crippen molar-refractivity contribution in [2.75, 3.05) is 13.1 Å². The fraction of sp³-hybridized carbons (Fsp3) is 0.667. The van der Waals surface area contributed by atoms with Crippen LogP contribution in [0.3, 0.4) is 0 Å². The fourth-order valence-electron chi connectivity index (χ4n) is 3.08. The van der Waals surface area contributed by atoms with Gasteiger partial charge in [-0.25, -0.2) is 4.79 Å². The molecule has 0 saturated carbocycles. The minimum Gasteiger partial charge on any atom is -0.344 e. The van der Waals surface area contributed by atoms with Gasteiger partial charge in [0.15, 0.2) is 0 Å². The maximum atomic E-state index is 12.3. The number of nitrogens with zero attached hydrogens (tertiary/aromatic N) is 1. The monoisotopic (exact) mass is 280 g/mol. The average molecular weight is 280 g/mol. The molecular weight excluding hydrogens is 264 g/mol. The van der Waals surface area contributed by atoms with Crippen molar-refractivity contribution in [1.29, 1.82) is 0 Å². The summed E-state index contributed by atoms with van der Waals surface area (Å²) in [4.78, 5) is 48.3. The van der Waals surface area contributed by atoms with Gasteiger partial charge >= 0.3 is 6.03 Å². The predicted molar refractivity (Wildman–Crippen MR) is 66.4 cm³/mol. The van der Waals surface area contributed by atoms with Crippen LogP contribution in [0.1, 0.15) is 25.7 Å². The van der Waals surface area contributed by atoms with Crippen LogP contribution in [0.25, 0.3) is 0 Å². The van der Waals surface area contributed by atoms with Crippen LogP contribution in [0.4, 0.5) is 4.79 Å². The quantitative estimate of drug-likeness (QED) is 0.506. The van der Waals surface area contributed by atoms with Crippen LogP contribution < -0.4 is 16.0 Å². The molecule has 5 amide bonds. The van der Waals surface area contributed by atoms with Crippen molar-refractivity contribution < 1.29 is 19.2 Å². The molecule has 3 aliphatic heterocycles. The Morgan fingerprint density at radius 3 is 2.70 bits per heavy atom. The van der Waals surface area contributed by atoms with E-state index in [0.717, 1.165) is 0 Å². The lowest BCUT2D eigenvalue weighted by molar-refractivity contribution is -0.138. The van der Waals surface area contributed by atoms with E-state index in [2.05, 4.69) is 16.0 Å². The van der Waals surface area contributed by atoms with Gasteiger partial charge in [0, 0.05) is 13.0 Å². The first-order chi connectivity index (χ1) is 9.50. The Bertz CT molecular complexity index is 506. The molecule has 2 atom stereocenters. The van der Waals surface area contributed by atoms with Gasteiger partial charge < -0.3 is 15.5 Å². The molecule has 0 aromatic heterocycles. The molecule has 3 aliphatic rings. The second kappa shape index (κ2) is 4.46. The van der Waals surface area contributed by atoms with Crippen LogP contribution in [-0.4, -0.2) is 53.3 Å². The number of piperidine rings is 1. The molecule has 1 spiro atoms. The topological polar surface area (TPSA) is 108 Å². The molecule has 20 heavy (non-hydrogen) atoms. The number of carbonyl (C=O) groups is 4. The number of amides is 5. The van der Waals surface area contributed by atoms with Crippen LogP contribution in [0.2, 0.25) is 0 Å². The minimum absolute atomic E-state index is 0.123. The summed E-state index contributed by atoms with van der Waals surface area (Å²) in [6.07, 6.45) is 2.00. The van der Waals surface area contributed by atoms with Gasteiger partial charge in [-0.05, 0) is 19.3 Å². The van der Waals surface area contributed by atoms with E-state index in [0.29, 0.717) is 32.2 Å². The smallest absolute Gasteiger partial charge is 0.322 e. The fourth-order valence-corrected chi connectivity index (χ4v) is 3.08. The third-order valence-corrected chi connectivity index (χ3v) is 4.11. The Kier molecular flexibility index (Phi) is 2.88. The molecule has 3 N–H and O–H groups in total. The maximum absolute atomic E-state index is 12.3. The molecule has 3 fully saturated rings. The zero-order chi connectivity index (χ0) is 14.3. The zero-order valence-electron chi connectivity index (χ0n) is 10.9. The van der Waals surface area contributed by atoms with Crippen molar-refractivity contribution in [1.82, 2.24) is 20.9 Å². The normalized spacial score (nSPS) is 33.1. The van der Waals surface area contributed by atoms with E-state index in [4.69, 9.17) is 0 Å². The number of rotatable bonds is 1. The third-order valence-electron chi connectivity index (χ3n) is 4.11. The number of nitrogens with one attached hydrogen (secondary N) is 3. The lowest BCUT2D eigenvalue weighted by Crippen LogP contribution is -2.61. The first kappa shape index (κ1) is 12.9. The second-order valence-electron chi connectivity index (χ2n) is 5.51. The summed E-state index contributed by atoms with van der Waals surface area (Å²) in [6, 6.07) is -1.02. The Labute approximate surface area is 115 Å². The number of urea groups is 1. The minimum atomic E-state index is -1.01. The number of hydrogen-bond donors (Lipinski definition) is 3. The SMILES string of the molecule is O=C1CCC(C(=O)N2CCCC3(C2)NC(=O)NC3=O)N1. The van der Waals surface area contributed by atoms with Gasteiger partial charge in [-0.15, -0.1) is 0 Å². The first-order valence-corrected chi connectivity index (χ1v) is 6.72. The highest BCUT2D eigenvalue weighted by molar-refractivity contribution is 6.07. The summed E-state index contributed by atoms with van der Waals surface area (Å²) in [5, 5.41) is 7.47. The van der Waals surface area contributed by atoms with Gasteiger partial charge in [-0.1, -0.05) is 0 Å². The second-order valence-corrected chi connectivity index (χ2v) is 5.51. The van der Waals surface area contributed by atoms with E-state index in [-0.39, 0.29) is 24.3 Å². The highest BCUT2D eigenvalue weighted by Gasteiger charge is 2.50. The van der Waals surface area contributed by atoms with Crippen molar-refractivity contribution in [2.24, 2.45) is 0 Å². The van der Waals surface area contributed by atoms with Crippen molar-refractivity contribution in [3.8, 4) is 0 Å². The maximum Gasteiger partial charge on any atom is 0.322 e. The molecule has 0 radical (unpaired) electrons. The van der Waals surface area contributed by atoms with E-state index in [1.807, 2.05) is 0 Å². The van der Waals surface area contributed by atoms with E-state index < -0.39 is 17.6 Å². The van der Waals surface area contributed by atoms with Crippen LogP contribution in [-0.2, 0) is 14.4 Å². The Hall–Kier alpha value is -2.12. The molecule has 0 aromatic carbocycles. The standard InChI is InChI=1S/C12H16N4O4/c17-8-3-2-7(13-8)9(18)16-5-1-4-12(6-16)10(19)14-11(20)15-12/h7H,1-6H2,(H,13,17)(H2,14,15,19,20). The van der Waals surface area contributed by atoms with Crippen molar-refractivity contribution in [3.63, 3.8) is 0 Å². The third kappa shape index (κ3) is 2.00. The predicted octanol–water partition coefficient (Wildman–Crippen LogP) is -1.53. The average Bonchev–Trinajstić information content (AvgIpc) is 2.94. The van der Waals surface area contributed by atoms with Crippen LogP contribution >= 0.6 is 0 Å². The molecule has 0 bridgehead atoms. The molecule has 108 valence electrons. The van der Waals surface area contributed by atoms with Crippen molar-refractivity contribution in [3.05, 3.63) is 0 Å². The number of hydrogen-bond acceptors (Lipinski definition) is 4. The molecule has 2 unspecified atom stereocenters. The molecule has 3 heterocycles. The number of carbonyl (C=O) groups excluding carboxylic acids is 4. The van der Waals surface area contributed by atoms with Crippen LogP contribution in [0.5, 0.6) is 0 Å². The highest BCUT2D eigenvalue weighted by Crippen LogP contribution is 2.25. The van der Waals surface area contributed by atoms with Crippen LogP contribution in [0.15, 0.2) is 0 Å². The van der Waals surface area contributed by atoms with Crippen molar-refractivity contribution in [2.45, 2.75) is 37.3 Å². The Morgan fingerprint density at radius 1 is 1.30 bits per heavy atom. The van der Waals surface area contributed by atoms with Gasteiger partial charge in [0.05, 0.1) is 6.54 Å². The summed E-state index contributed by atoms with van der Waals surface area (Å²) < 4.78 is 0.